The summed E-state index contributed by atoms with van der Waals surface area (Å²) in [6.07, 6.45) is 3.13. The Kier molecular flexibility index (Phi) is 5.12. The van der Waals surface area contributed by atoms with Crippen molar-refractivity contribution in [3.8, 4) is 10.7 Å². The van der Waals surface area contributed by atoms with Gasteiger partial charge in [-0.05, 0) is 38.3 Å². The van der Waals surface area contributed by atoms with Gasteiger partial charge in [0.25, 0.3) is 0 Å². The monoisotopic (exact) mass is 289 g/mol. The van der Waals surface area contributed by atoms with Gasteiger partial charge in [0, 0.05) is 22.7 Å². The summed E-state index contributed by atoms with van der Waals surface area (Å²) >= 11 is 1.79. The molecule has 0 aliphatic heterocycles. The Bertz CT molecular complexity index is 575. The molecule has 3 nitrogen and oxygen atoms in total. The third-order valence-corrected chi connectivity index (χ3v) is 4.57. The number of hydrogen-bond donors (Lipinski definition) is 1. The first-order valence-electron chi connectivity index (χ1n) is 7.40. The molecule has 2 rings (SSSR count). The summed E-state index contributed by atoms with van der Waals surface area (Å²) < 4.78 is 0. The molecule has 0 atom stereocenters. The highest BCUT2D eigenvalue weighted by Crippen LogP contribution is 2.28. The zero-order valence-electron chi connectivity index (χ0n) is 12.8. The number of thiophene rings is 1. The molecule has 0 unspecified atom stereocenters. The molecule has 108 valence electrons. The summed E-state index contributed by atoms with van der Waals surface area (Å²) in [5.74, 6) is 1.85. The highest BCUT2D eigenvalue weighted by atomic mass is 32.1. The van der Waals surface area contributed by atoms with E-state index in [-0.39, 0.29) is 0 Å². The van der Waals surface area contributed by atoms with Crippen LogP contribution in [0, 0.1) is 6.92 Å². The summed E-state index contributed by atoms with van der Waals surface area (Å²) in [7, 11) is 0. The smallest absolute Gasteiger partial charge is 0.171 e. The Hall–Kier alpha value is -1.42. The van der Waals surface area contributed by atoms with Gasteiger partial charge in [0.15, 0.2) is 5.82 Å². The number of hydrogen-bond acceptors (Lipinski definition) is 4. The molecule has 4 heteroatoms. The molecular formula is C16H23N3S. The molecule has 20 heavy (non-hydrogen) atoms. The van der Waals surface area contributed by atoms with Gasteiger partial charge in [0.1, 0.15) is 5.82 Å². The van der Waals surface area contributed by atoms with Gasteiger partial charge in [-0.1, -0.05) is 20.8 Å². The van der Waals surface area contributed by atoms with Crippen LogP contribution in [0.25, 0.3) is 10.7 Å². The van der Waals surface area contributed by atoms with E-state index in [2.05, 4.69) is 50.1 Å². The summed E-state index contributed by atoms with van der Waals surface area (Å²) in [5.41, 5.74) is 2.32. The number of rotatable bonds is 6. The minimum atomic E-state index is 0.850. The van der Waals surface area contributed by atoms with Crippen molar-refractivity contribution < 1.29 is 0 Å². The maximum Gasteiger partial charge on any atom is 0.171 e. The quantitative estimate of drug-likeness (QED) is 0.853. The van der Waals surface area contributed by atoms with Crippen molar-refractivity contribution in [1.29, 1.82) is 0 Å². The summed E-state index contributed by atoms with van der Waals surface area (Å²) in [6, 6.07) is 4.30. The zero-order chi connectivity index (χ0) is 14.5. The molecule has 0 aromatic carbocycles. The maximum atomic E-state index is 4.75. The minimum Gasteiger partial charge on any atom is -0.370 e. The average molecular weight is 289 g/mol. The van der Waals surface area contributed by atoms with Crippen molar-refractivity contribution >= 4 is 17.2 Å². The third-order valence-electron chi connectivity index (χ3n) is 3.34. The van der Waals surface area contributed by atoms with Gasteiger partial charge >= 0.3 is 0 Å². The van der Waals surface area contributed by atoms with Gasteiger partial charge in [-0.25, -0.2) is 9.97 Å². The number of nitrogens with one attached hydrogen (secondary N) is 1. The van der Waals surface area contributed by atoms with Gasteiger partial charge in [-0.15, -0.1) is 11.3 Å². The Morgan fingerprint density at radius 2 is 1.90 bits per heavy atom. The van der Waals surface area contributed by atoms with Crippen molar-refractivity contribution in [3.63, 3.8) is 0 Å². The Morgan fingerprint density at radius 3 is 2.50 bits per heavy atom. The van der Waals surface area contributed by atoms with Gasteiger partial charge in [-0.2, -0.15) is 0 Å². The van der Waals surface area contributed by atoms with Crippen LogP contribution in [0.15, 0.2) is 12.1 Å². The highest BCUT2D eigenvalue weighted by molar-refractivity contribution is 7.15. The average Bonchev–Trinajstić information content (AvgIpc) is 2.93. The third kappa shape index (κ3) is 3.18. The highest BCUT2D eigenvalue weighted by Gasteiger charge is 2.12. The lowest BCUT2D eigenvalue weighted by molar-refractivity contribution is 0.939. The Morgan fingerprint density at radius 1 is 1.10 bits per heavy atom. The molecule has 2 aromatic heterocycles. The lowest BCUT2D eigenvalue weighted by Crippen LogP contribution is -2.08. The molecule has 0 amide bonds. The standard InChI is InChI=1S/C16H23N3S/c1-5-10-17-15-13(7-3)11(4)18-16(19-15)14-9-8-12(6-2)20-14/h8-9H,5-7,10H2,1-4H3,(H,17,18,19). The molecule has 2 aromatic rings. The van der Waals surface area contributed by atoms with E-state index in [0.717, 1.165) is 48.0 Å². The van der Waals surface area contributed by atoms with E-state index in [1.807, 2.05) is 0 Å². The molecule has 0 saturated heterocycles. The Labute approximate surface area is 125 Å². The minimum absolute atomic E-state index is 0.850. The summed E-state index contributed by atoms with van der Waals surface area (Å²) in [6.45, 7) is 9.53. The van der Waals surface area contributed by atoms with Crippen molar-refractivity contribution in [3.05, 3.63) is 28.3 Å². The number of aromatic nitrogens is 2. The van der Waals surface area contributed by atoms with E-state index in [1.165, 1.54) is 10.4 Å². The van der Waals surface area contributed by atoms with Gasteiger partial charge in [-0.3, -0.25) is 0 Å². The summed E-state index contributed by atoms with van der Waals surface area (Å²) in [4.78, 5) is 12.0. The Balaban J connectivity index is 2.41. The second-order valence-electron chi connectivity index (χ2n) is 4.86. The lowest BCUT2D eigenvalue weighted by Gasteiger charge is -2.12. The van der Waals surface area contributed by atoms with Crippen LogP contribution in [-0.2, 0) is 12.8 Å². The topological polar surface area (TPSA) is 37.8 Å². The van der Waals surface area contributed by atoms with E-state index >= 15 is 0 Å². The van der Waals surface area contributed by atoms with E-state index in [1.54, 1.807) is 11.3 Å². The SMILES string of the molecule is CCCNc1nc(-c2ccc(CC)s2)nc(C)c1CC. The van der Waals surface area contributed by atoms with Gasteiger partial charge in [0.2, 0.25) is 0 Å². The van der Waals surface area contributed by atoms with Crippen molar-refractivity contribution in [2.75, 3.05) is 11.9 Å². The van der Waals surface area contributed by atoms with E-state index in [0.29, 0.717) is 0 Å². The number of nitrogens with zero attached hydrogens (tertiary/aromatic N) is 2. The predicted molar refractivity (Wildman–Crippen MR) is 87.6 cm³/mol. The largest absolute Gasteiger partial charge is 0.370 e. The van der Waals surface area contributed by atoms with Crippen LogP contribution in [0.5, 0.6) is 0 Å². The van der Waals surface area contributed by atoms with Crippen LogP contribution in [0.2, 0.25) is 0 Å². The predicted octanol–water partition coefficient (Wildman–Crippen LogP) is 4.46. The van der Waals surface area contributed by atoms with Crippen LogP contribution in [-0.4, -0.2) is 16.5 Å². The fourth-order valence-electron chi connectivity index (χ4n) is 2.21. The van der Waals surface area contributed by atoms with Crippen LogP contribution >= 0.6 is 11.3 Å². The van der Waals surface area contributed by atoms with Crippen LogP contribution in [0.3, 0.4) is 0 Å². The van der Waals surface area contributed by atoms with Crippen LogP contribution < -0.4 is 5.32 Å². The molecule has 0 saturated carbocycles. The lowest BCUT2D eigenvalue weighted by atomic mass is 10.1. The second-order valence-corrected chi connectivity index (χ2v) is 6.03. The first kappa shape index (κ1) is 15.0. The van der Waals surface area contributed by atoms with Gasteiger partial charge < -0.3 is 5.32 Å². The van der Waals surface area contributed by atoms with Crippen molar-refractivity contribution in [2.24, 2.45) is 0 Å². The first-order chi connectivity index (χ1) is 9.69. The first-order valence-corrected chi connectivity index (χ1v) is 8.21. The summed E-state index contributed by atoms with van der Waals surface area (Å²) in [5, 5.41) is 3.44. The molecule has 2 heterocycles. The van der Waals surface area contributed by atoms with Gasteiger partial charge in [0.05, 0.1) is 4.88 Å². The molecule has 1 N–H and O–H groups in total. The second kappa shape index (κ2) is 6.84. The molecule has 0 spiro atoms. The van der Waals surface area contributed by atoms with E-state index < -0.39 is 0 Å². The zero-order valence-corrected chi connectivity index (χ0v) is 13.6. The van der Waals surface area contributed by atoms with E-state index in [4.69, 9.17) is 4.98 Å². The number of aryl methyl sites for hydroxylation is 2. The molecule has 0 radical (unpaired) electrons. The fraction of sp³-hybridized carbons (Fsp3) is 0.500. The maximum absolute atomic E-state index is 4.75. The van der Waals surface area contributed by atoms with Crippen LogP contribution in [0.4, 0.5) is 5.82 Å². The van der Waals surface area contributed by atoms with Crippen molar-refractivity contribution in [1.82, 2.24) is 9.97 Å². The fourth-order valence-corrected chi connectivity index (χ4v) is 3.09. The molecular weight excluding hydrogens is 266 g/mol. The molecule has 0 aliphatic rings. The van der Waals surface area contributed by atoms with Crippen molar-refractivity contribution in [2.45, 2.75) is 47.0 Å². The molecule has 0 fully saturated rings. The normalized spacial score (nSPS) is 10.8. The molecule has 0 aliphatic carbocycles. The molecule has 0 bridgehead atoms. The van der Waals surface area contributed by atoms with Crippen LogP contribution in [0.1, 0.15) is 43.3 Å². The number of anilines is 1. The van der Waals surface area contributed by atoms with E-state index in [9.17, 15) is 0 Å².